The van der Waals surface area contributed by atoms with Crippen LogP contribution < -0.4 is 20.9 Å². The maximum Gasteiger partial charge on any atom is 0.440 e. The average molecular weight is 390 g/mol. The van der Waals surface area contributed by atoms with E-state index in [-0.39, 0.29) is 6.54 Å². The van der Waals surface area contributed by atoms with E-state index in [0.29, 0.717) is 17.2 Å². The lowest BCUT2D eigenvalue weighted by Gasteiger charge is -2.10. The van der Waals surface area contributed by atoms with Gasteiger partial charge in [0.25, 0.3) is 0 Å². The summed E-state index contributed by atoms with van der Waals surface area (Å²) in [4.78, 5) is 24.6. The Bertz CT molecular complexity index is 1220. The predicted molar refractivity (Wildman–Crippen MR) is 107 cm³/mol. The fourth-order valence-corrected chi connectivity index (χ4v) is 2.73. The first-order valence-corrected chi connectivity index (χ1v) is 8.97. The highest BCUT2D eigenvalue weighted by atomic mass is 16.5. The standard InChI is InChI=1S/C22H18N2O5/c1-15-5-9-17(10-6-15)27-19-3-2-4-20(13-19)28-18-11-7-16(8-12-18)14-24-21(25)23-22(26)29-24/h2-13H,14H2,1H3,(H,23,25,26). The zero-order chi connectivity index (χ0) is 20.2. The summed E-state index contributed by atoms with van der Waals surface area (Å²) >= 11 is 0. The molecule has 0 spiro atoms. The summed E-state index contributed by atoms with van der Waals surface area (Å²) in [7, 11) is 0. The Hall–Kier alpha value is -4.00. The maximum absolute atomic E-state index is 11.5. The molecule has 0 unspecified atom stereocenters. The fraction of sp³-hybridized carbons (Fsp3) is 0.0909. The minimum absolute atomic E-state index is 0.151. The molecule has 0 aliphatic heterocycles. The van der Waals surface area contributed by atoms with Gasteiger partial charge in [-0.15, -0.1) is 4.74 Å². The van der Waals surface area contributed by atoms with Gasteiger partial charge in [0.1, 0.15) is 23.0 Å². The quantitative estimate of drug-likeness (QED) is 0.536. The Labute approximate surface area is 165 Å². The smallest absolute Gasteiger partial charge is 0.440 e. The van der Waals surface area contributed by atoms with Gasteiger partial charge < -0.3 is 14.0 Å². The molecule has 0 aliphatic carbocycles. The van der Waals surface area contributed by atoms with Gasteiger partial charge in [0, 0.05) is 6.07 Å². The number of ether oxygens (including phenoxy) is 2. The van der Waals surface area contributed by atoms with E-state index in [2.05, 4.69) is 0 Å². The number of benzene rings is 3. The molecule has 1 N–H and O–H groups in total. The summed E-state index contributed by atoms with van der Waals surface area (Å²) in [5.74, 6) is 1.91. The molecule has 7 nitrogen and oxygen atoms in total. The van der Waals surface area contributed by atoms with Gasteiger partial charge in [-0.3, -0.25) is 0 Å². The molecule has 0 fully saturated rings. The number of aromatic amines is 1. The number of nitrogens with zero attached hydrogens (tertiary/aromatic N) is 1. The first-order chi connectivity index (χ1) is 14.0. The molecule has 7 heteroatoms. The molecule has 1 aromatic heterocycles. The monoisotopic (exact) mass is 390 g/mol. The van der Waals surface area contributed by atoms with Gasteiger partial charge in [-0.25, -0.2) is 14.6 Å². The van der Waals surface area contributed by atoms with Crippen molar-refractivity contribution in [1.82, 2.24) is 9.72 Å². The highest BCUT2D eigenvalue weighted by molar-refractivity contribution is 5.40. The molecule has 0 atom stereocenters. The van der Waals surface area contributed by atoms with Gasteiger partial charge in [-0.05, 0) is 48.9 Å². The Morgan fingerprint density at radius 1 is 0.828 bits per heavy atom. The molecule has 29 heavy (non-hydrogen) atoms. The van der Waals surface area contributed by atoms with E-state index >= 15 is 0 Å². The van der Waals surface area contributed by atoms with Crippen molar-refractivity contribution in [3.05, 3.63) is 105 Å². The van der Waals surface area contributed by atoms with Crippen molar-refractivity contribution in [3.8, 4) is 23.0 Å². The number of aromatic nitrogens is 2. The van der Waals surface area contributed by atoms with Crippen LogP contribution in [0.1, 0.15) is 11.1 Å². The number of aryl methyl sites for hydroxylation is 1. The van der Waals surface area contributed by atoms with Gasteiger partial charge in [0.15, 0.2) is 0 Å². The first-order valence-electron chi connectivity index (χ1n) is 8.97. The fourth-order valence-electron chi connectivity index (χ4n) is 2.73. The highest BCUT2D eigenvalue weighted by Crippen LogP contribution is 2.28. The zero-order valence-electron chi connectivity index (χ0n) is 15.6. The minimum atomic E-state index is -0.775. The summed E-state index contributed by atoms with van der Waals surface area (Å²) < 4.78 is 17.5. The normalized spacial score (nSPS) is 10.7. The van der Waals surface area contributed by atoms with E-state index in [9.17, 15) is 9.59 Å². The Morgan fingerprint density at radius 2 is 1.41 bits per heavy atom. The van der Waals surface area contributed by atoms with Gasteiger partial charge in [0.2, 0.25) is 0 Å². The van der Waals surface area contributed by atoms with Crippen LogP contribution in [-0.2, 0) is 6.54 Å². The van der Waals surface area contributed by atoms with Gasteiger partial charge in [-0.1, -0.05) is 35.9 Å². The van der Waals surface area contributed by atoms with E-state index in [1.165, 1.54) is 5.56 Å². The number of hydrogen-bond donors (Lipinski definition) is 1. The third-order valence-corrected chi connectivity index (χ3v) is 4.18. The van der Waals surface area contributed by atoms with Gasteiger partial charge >= 0.3 is 11.4 Å². The van der Waals surface area contributed by atoms with E-state index in [1.54, 1.807) is 24.3 Å². The van der Waals surface area contributed by atoms with Crippen LogP contribution in [-0.4, -0.2) is 9.72 Å². The van der Waals surface area contributed by atoms with Crippen molar-refractivity contribution in [2.75, 3.05) is 0 Å². The van der Waals surface area contributed by atoms with Gasteiger partial charge in [-0.2, -0.15) is 0 Å². The molecular weight excluding hydrogens is 372 g/mol. The molecule has 1 heterocycles. The zero-order valence-corrected chi connectivity index (χ0v) is 15.6. The van der Waals surface area contributed by atoms with Crippen LogP contribution >= 0.6 is 0 Å². The summed E-state index contributed by atoms with van der Waals surface area (Å²) in [5.41, 5.74) is 1.38. The lowest BCUT2D eigenvalue weighted by molar-refractivity contribution is 0.258. The third kappa shape index (κ3) is 4.65. The molecule has 0 aliphatic rings. The van der Waals surface area contributed by atoms with Crippen molar-refractivity contribution < 1.29 is 14.0 Å². The van der Waals surface area contributed by atoms with Crippen LogP contribution in [0, 0.1) is 6.92 Å². The summed E-state index contributed by atoms with van der Waals surface area (Å²) in [5, 5.41) is 0. The minimum Gasteiger partial charge on any atom is -0.457 e. The summed E-state index contributed by atoms with van der Waals surface area (Å²) in [6.07, 6.45) is 0. The number of rotatable bonds is 6. The molecule has 146 valence electrons. The molecule has 0 radical (unpaired) electrons. The SMILES string of the molecule is Cc1ccc(Oc2cccc(Oc3ccc(Cn4oc(=O)[nH]c4=O)cc3)c2)cc1. The second kappa shape index (κ2) is 7.93. The largest absolute Gasteiger partial charge is 0.457 e. The van der Waals surface area contributed by atoms with Crippen molar-refractivity contribution in [2.45, 2.75) is 13.5 Å². The Morgan fingerprint density at radius 3 is 1.97 bits per heavy atom. The third-order valence-electron chi connectivity index (χ3n) is 4.18. The van der Waals surface area contributed by atoms with E-state index < -0.39 is 11.4 Å². The summed E-state index contributed by atoms with van der Waals surface area (Å²) in [6, 6.07) is 22.3. The first kappa shape index (κ1) is 18.4. The van der Waals surface area contributed by atoms with Crippen LogP contribution in [0.15, 0.2) is 86.9 Å². The van der Waals surface area contributed by atoms with E-state index in [0.717, 1.165) is 16.1 Å². The number of hydrogen-bond acceptors (Lipinski definition) is 5. The lowest BCUT2D eigenvalue weighted by Crippen LogP contribution is -2.17. The number of H-pyrrole nitrogens is 1. The highest BCUT2D eigenvalue weighted by Gasteiger charge is 2.05. The molecule has 0 saturated carbocycles. The molecular formula is C22H18N2O5. The van der Waals surface area contributed by atoms with Crippen LogP contribution in [0.25, 0.3) is 0 Å². The molecule has 0 saturated heterocycles. The van der Waals surface area contributed by atoms with E-state index in [1.807, 2.05) is 60.4 Å². The van der Waals surface area contributed by atoms with Crippen molar-refractivity contribution >= 4 is 0 Å². The molecule has 4 rings (SSSR count). The average Bonchev–Trinajstić information content (AvgIpc) is 3.02. The van der Waals surface area contributed by atoms with Gasteiger partial charge in [0.05, 0.1) is 6.54 Å². The lowest BCUT2D eigenvalue weighted by atomic mass is 10.2. The Balaban J connectivity index is 1.43. The molecule has 4 aromatic rings. The Kier molecular flexibility index (Phi) is 5.03. The number of nitrogens with one attached hydrogen (secondary N) is 1. The molecule has 0 bridgehead atoms. The van der Waals surface area contributed by atoms with E-state index in [4.69, 9.17) is 14.0 Å². The van der Waals surface area contributed by atoms with Crippen molar-refractivity contribution in [1.29, 1.82) is 0 Å². The maximum atomic E-state index is 11.5. The summed E-state index contributed by atoms with van der Waals surface area (Å²) in [6.45, 7) is 2.17. The van der Waals surface area contributed by atoms with Crippen LogP contribution in [0.5, 0.6) is 23.0 Å². The van der Waals surface area contributed by atoms with Crippen LogP contribution in [0.3, 0.4) is 0 Å². The molecule has 0 amide bonds. The molecule has 3 aromatic carbocycles. The van der Waals surface area contributed by atoms with Crippen LogP contribution in [0.2, 0.25) is 0 Å². The van der Waals surface area contributed by atoms with Crippen molar-refractivity contribution in [2.24, 2.45) is 0 Å². The second-order valence-corrected chi connectivity index (χ2v) is 6.48. The van der Waals surface area contributed by atoms with Crippen LogP contribution in [0.4, 0.5) is 0 Å². The predicted octanol–water partition coefficient (Wildman–Crippen LogP) is 4.07. The second-order valence-electron chi connectivity index (χ2n) is 6.48. The topological polar surface area (TPSA) is 86.5 Å². The van der Waals surface area contributed by atoms with Crippen molar-refractivity contribution in [3.63, 3.8) is 0 Å².